The Balaban J connectivity index is 2.57. The van der Waals surface area contributed by atoms with E-state index in [0.29, 0.717) is 4.43 Å². The van der Waals surface area contributed by atoms with Crippen LogP contribution >= 0.6 is 22.6 Å². The summed E-state index contributed by atoms with van der Waals surface area (Å²) in [5.41, 5.74) is 2.63. The summed E-state index contributed by atoms with van der Waals surface area (Å²) in [6, 6.07) is 3.47. The van der Waals surface area contributed by atoms with Gasteiger partial charge in [0.15, 0.2) is 0 Å². The molecule has 0 spiro atoms. The first kappa shape index (κ1) is 12.2. The average molecular weight is 345 g/mol. The molecule has 0 radical (unpaired) electrons. The number of H-pyrrole nitrogens is 1. The number of aromatic nitrogens is 1. The quantitative estimate of drug-likeness (QED) is 0.511. The maximum atomic E-state index is 11.3. The van der Waals surface area contributed by atoms with Crippen LogP contribution in [0.2, 0.25) is 0 Å². The van der Waals surface area contributed by atoms with E-state index >= 15 is 0 Å². The summed E-state index contributed by atoms with van der Waals surface area (Å²) in [6.07, 6.45) is 2.00. The van der Waals surface area contributed by atoms with E-state index in [1.807, 2.05) is 0 Å². The van der Waals surface area contributed by atoms with E-state index in [1.54, 1.807) is 18.3 Å². The van der Waals surface area contributed by atoms with Crippen LogP contribution in [-0.4, -0.2) is 23.2 Å². The smallest absolute Gasteiger partial charge is 0.310 e. The second kappa shape index (κ2) is 4.95. The number of aromatic amines is 1. The molecule has 17 heavy (non-hydrogen) atoms. The number of hydrogen-bond donors (Lipinski definition) is 2. The summed E-state index contributed by atoms with van der Waals surface area (Å²) in [6.45, 7) is 0. The number of phenolic OH excluding ortho intramolecular Hbond substituents is 1. The van der Waals surface area contributed by atoms with Crippen LogP contribution in [0.5, 0.6) is 5.75 Å². The molecule has 0 aliphatic carbocycles. The number of alkyl halides is 1. The molecule has 2 N–H and O–H groups in total. The van der Waals surface area contributed by atoms with Gasteiger partial charge in [0.2, 0.25) is 0 Å². The van der Waals surface area contributed by atoms with Crippen molar-refractivity contribution in [1.82, 2.24) is 4.98 Å². The molecule has 90 valence electrons. The van der Waals surface area contributed by atoms with E-state index in [-0.39, 0.29) is 18.1 Å². The van der Waals surface area contributed by atoms with Crippen molar-refractivity contribution in [3.05, 3.63) is 29.5 Å². The Morgan fingerprint density at radius 2 is 2.29 bits per heavy atom. The SMILES string of the molecule is COC(=O)Cc1c[nH]c2ccc(O)c(CI)c12. The Labute approximate surface area is 112 Å². The number of hydrogen-bond acceptors (Lipinski definition) is 3. The molecule has 1 aromatic heterocycles. The summed E-state index contributed by atoms with van der Waals surface area (Å²) in [7, 11) is 1.37. The molecule has 5 heteroatoms. The predicted octanol–water partition coefficient (Wildman–Crippen LogP) is 2.52. The highest BCUT2D eigenvalue weighted by atomic mass is 127. The van der Waals surface area contributed by atoms with Crippen molar-refractivity contribution < 1.29 is 14.6 Å². The first-order valence-electron chi connectivity index (χ1n) is 5.11. The molecule has 0 saturated carbocycles. The van der Waals surface area contributed by atoms with Crippen molar-refractivity contribution in [2.75, 3.05) is 7.11 Å². The highest BCUT2D eigenvalue weighted by molar-refractivity contribution is 14.1. The molecule has 0 aliphatic rings. The fourth-order valence-electron chi connectivity index (χ4n) is 1.86. The van der Waals surface area contributed by atoms with Crippen LogP contribution in [0.25, 0.3) is 10.9 Å². The molecule has 1 aromatic carbocycles. The van der Waals surface area contributed by atoms with E-state index in [0.717, 1.165) is 22.0 Å². The zero-order chi connectivity index (χ0) is 12.4. The fraction of sp³-hybridized carbons (Fsp3) is 0.250. The van der Waals surface area contributed by atoms with Crippen LogP contribution in [-0.2, 0) is 20.4 Å². The Morgan fingerprint density at radius 1 is 1.53 bits per heavy atom. The Hall–Kier alpha value is -1.24. The third-order valence-corrected chi connectivity index (χ3v) is 3.47. The normalized spacial score (nSPS) is 10.7. The minimum Gasteiger partial charge on any atom is -0.508 e. The number of halogens is 1. The zero-order valence-electron chi connectivity index (χ0n) is 9.29. The highest BCUT2D eigenvalue weighted by Gasteiger charge is 2.14. The molecule has 0 fully saturated rings. The minimum absolute atomic E-state index is 0.212. The molecule has 0 bridgehead atoms. The summed E-state index contributed by atoms with van der Waals surface area (Å²) >= 11 is 2.19. The molecule has 0 atom stereocenters. The van der Waals surface area contributed by atoms with Crippen molar-refractivity contribution in [3.8, 4) is 5.75 Å². The molecule has 2 aromatic rings. The van der Waals surface area contributed by atoms with Gasteiger partial charge in [0.05, 0.1) is 13.5 Å². The van der Waals surface area contributed by atoms with Crippen molar-refractivity contribution in [2.24, 2.45) is 0 Å². The topological polar surface area (TPSA) is 62.3 Å². The number of carbonyl (C=O) groups excluding carboxylic acids is 1. The lowest BCUT2D eigenvalue weighted by Crippen LogP contribution is -2.04. The number of rotatable bonds is 3. The van der Waals surface area contributed by atoms with Crippen LogP contribution in [0, 0.1) is 0 Å². The van der Waals surface area contributed by atoms with Crippen molar-refractivity contribution in [1.29, 1.82) is 0 Å². The number of carbonyl (C=O) groups is 1. The number of esters is 1. The first-order valence-corrected chi connectivity index (χ1v) is 6.63. The van der Waals surface area contributed by atoms with Gasteiger partial charge in [-0.2, -0.15) is 0 Å². The molecular formula is C12H12INO3. The number of aromatic hydroxyl groups is 1. The largest absolute Gasteiger partial charge is 0.508 e. The third-order valence-electron chi connectivity index (χ3n) is 2.71. The molecular weight excluding hydrogens is 333 g/mol. The van der Waals surface area contributed by atoms with Crippen LogP contribution in [0.15, 0.2) is 18.3 Å². The van der Waals surface area contributed by atoms with E-state index < -0.39 is 0 Å². The summed E-state index contributed by atoms with van der Waals surface area (Å²) in [5.74, 6) is -0.0220. The maximum absolute atomic E-state index is 11.3. The number of methoxy groups -OCH3 is 1. The third kappa shape index (κ3) is 2.24. The van der Waals surface area contributed by atoms with Gasteiger partial charge in [-0.1, -0.05) is 22.6 Å². The van der Waals surface area contributed by atoms with Crippen LogP contribution in [0.1, 0.15) is 11.1 Å². The predicted molar refractivity (Wildman–Crippen MR) is 73.4 cm³/mol. The van der Waals surface area contributed by atoms with Crippen molar-refractivity contribution in [3.63, 3.8) is 0 Å². The Kier molecular flexibility index (Phi) is 3.56. The number of phenols is 1. The standard InChI is InChI=1S/C12H12INO3/c1-17-11(16)4-7-6-14-9-2-3-10(15)8(5-13)12(7)9/h2-3,6,14-15H,4-5H2,1H3. The molecule has 0 aliphatic heterocycles. The number of ether oxygens (including phenoxy) is 1. The molecule has 0 unspecified atom stereocenters. The molecule has 2 rings (SSSR count). The fourth-order valence-corrected chi connectivity index (χ4v) is 2.64. The van der Waals surface area contributed by atoms with Gasteiger partial charge in [-0.15, -0.1) is 0 Å². The van der Waals surface area contributed by atoms with Crippen LogP contribution in [0.4, 0.5) is 0 Å². The zero-order valence-corrected chi connectivity index (χ0v) is 11.4. The Bertz CT molecular complexity index is 562. The van der Waals surface area contributed by atoms with E-state index in [2.05, 4.69) is 32.3 Å². The second-order valence-corrected chi connectivity index (χ2v) is 4.45. The summed E-state index contributed by atoms with van der Waals surface area (Å²) in [5, 5.41) is 10.7. The Morgan fingerprint density at radius 3 is 2.94 bits per heavy atom. The summed E-state index contributed by atoms with van der Waals surface area (Å²) < 4.78 is 5.35. The van der Waals surface area contributed by atoms with E-state index in [9.17, 15) is 9.90 Å². The highest BCUT2D eigenvalue weighted by Crippen LogP contribution is 2.31. The number of nitrogens with one attached hydrogen (secondary N) is 1. The van der Waals surface area contributed by atoms with Crippen LogP contribution < -0.4 is 0 Å². The number of fused-ring (bicyclic) bond motifs is 1. The molecule has 4 nitrogen and oxygen atoms in total. The summed E-state index contributed by atoms with van der Waals surface area (Å²) in [4.78, 5) is 14.4. The second-order valence-electron chi connectivity index (χ2n) is 3.69. The monoisotopic (exact) mass is 345 g/mol. The lowest BCUT2D eigenvalue weighted by Gasteiger charge is -2.05. The van der Waals surface area contributed by atoms with Crippen molar-refractivity contribution in [2.45, 2.75) is 10.8 Å². The van der Waals surface area contributed by atoms with Gasteiger partial charge in [-0.25, -0.2) is 0 Å². The number of benzene rings is 1. The maximum Gasteiger partial charge on any atom is 0.310 e. The first-order chi connectivity index (χ1) is 8.17. The average Bonchev–Trinajstić information content (AvgIpc) is 2.72. The van der Waals surface area contributed by atoms with Gasteiger partial charge >= 0.3 is 5.97 Å². The van der Waals surface area contributed by atoms with Gasteiger partial charge in [0.1, 0.15) is 5.75 Å². The van der Waals surface area contributed by atoms with Gasteiger partial charge in [0, 0.05) is 27.1 Å². The molecule has 0 saturated heterocycles. The van der Waals surface area contributed by atoms with E-state index in [4.69, 9.17) is 0 Å². The van der Waals surface area contributed by atoms with E-state index in [1.165, 1.54) is 7.11 Å². The lowest BCUT2D eigenvalue weighted by atomic mass is 10.0. The van der Waals surface area contributed by atoms with Gasteiger partial charge in [-0.3, -0.25) is 4.79 Å². The molecule has 1 heterocycles. The van der Waals surface area contributed by atoms with Gasteiger partial charge in [0.25, 0.3) is 0 Å². The minimum atomic E-state index is -0.284. The van der Waals surface area contributed by atoms with Gasteiger partial charge < -0.3 is 14.8 Å². The lowest BCUT2D eigenvalue weighted by molar-refractivity contribution is -0.139. The van der Waals surface area contributed by atoms with Gasteiger partial charge in [-0.05, 0) is 17.7 Å². The van der Waals surface area contributed by atoms with Crippen LogP contribution in [0.3, 0.4) is 0 Å². The van der Waals surface area contributed by atoms with Crippen molar-refractivity contribution >= 4 is 39.5 Å². The molecule has 0 amide bonds.